The lowest BCUT2D eigenvalue weighted by molar-refractivity contribution is -0.122. The monoisotopic (exact) mass is 217 g/mol. The smallest absolute Gasteiger partial charge is 0.225 e. The summed E-state index contributed by atoms with van der Waals surface area (Å²) < 4.78 is 0. The van der Waals surface area contributed by atoms with E-state index >= 15 is 0 Å². The van der Waals surface area contributed by atoms with E-state index in [9.17, 15) is 4.79 Å². The molecule has 16 heavy (non-hydrogen) atoms. The fourth-order valence-corrected chi connectivity index (χ4v) is 2.36. The molecule has 1 aliphatic heterocycles. The molecule has 1 aromatic rings. The van der Waals surface area contributed by atoms with Gasteiger partial charge in [-0.15, -0.1) is 0 Å². The minimum atomic E-state index is -0.236. The summed E-state index contributed by atoms with van der Waals surface area (Å²) in [6, 6.07) is 6.51. The van der Waals surface area contributed by atoms with Crippen LogP contribution in [0.15, 0.2) is 18.2 Å². The van der Waals surface area contributed by atoms with Crippen LogP contribution < -0.4 is 5.32 Å². The largest absolute Gasteiger partial charge is 0.347 e. The van der Waals surface area contributed by atoms with Gasteiger partial charge in [-0.2, -0.15) is 0 Å². The van der Waals surface area contributed by atoms with Crippen molar-refractivity contribution in [2.24, 2.45) is 0 Å². The number of fused-ring (bicyclic) bond motifs is 1. The molecule has 2 rings (SSSR count). The zero-order chi connectivity index (χ0) is 11.9. The third-order valence-corrected chi connectivity index (χ3v) is 3.27. The van der Waals surface area contributed by atoms with Crippen molar-refractivity contribution in [2.75, 3.05) is 0 Å². The van der Waals surface area contributed by atoms with Crippen molar-refractivity contribution in [3.05, 3.63) is 34.9 Å². The molecule has 0 unspecified atom stereocenters. The standard InChI is InChI=1S/C14H19NO/c1-9(2)10-5-6-12-11(7-10)8-13(16)15-14(12,3)4/h5-7,9H,8H2,1-4H3,(H,15,16). The van der Waals surface area contributed by atoms with E-state index in [0.29, 0.717) is 12.3 Å². The number of hydrogen-bond donors (Lipinski definition) is 1. The summed E-state index contributed by atoms with van der Waals surface area (Å²) in [5.41, 5.74) is 3.50. The number of carbonyl (C=O) groups excluding carboxylic acids is 1. The Bertz CT molecular complexity index is 432. The van der Waals surface area contributed by atoms with Crippen molar-refractivity contribution < 1.29 is 4.79 Å². The maximum atomic E-state index is 11.6. The van der Waals surface area contributed by atoms with Gasteiger partial charge in [0, 0.05) is 0 Å². The Morgan fingerprint density at radius 1 is 1.31 bits per heavy atom. The van der Waals surface area contributed by atoms with Crippen LogP contribution in [-0.4, -0.2) is 5.91 Å². The molecule has 0 bridgehead atoms. The molecule has 0 fully saturated rings. The van der Waals surface area contributed by atoms with Crippen LogP contribution in [0.1, 0.15) is 50.3 Å². The van der Waals surface area contributed by atoms with Crippen molar-refractivity contribution in [2.45, 2.75) is 45.6 Å². The molecular weight excluding hydrogens is 198 g/mol. The van der Waals surface area contributed by atoms with Gasteiger partial charge in [-0.05, 0) is 36.5 Å². The highest BCUT2D eigenvalue weighted by atomic mass is 16.1. The van der Waals surface area contributed by atoms with Crippen molar-refractivity contribution >= 4 is 5.91 Å². The average Bonchev–Trinajstić information content (AvgIpc) is 2.14. The Hall–Kier alpha value is -1.31. The first-order chi connectivity index (χ1) is 7.40. The summed E-state index contributed by atoms with van der Waals surface area (Å²) in [6.07, 6.45) is 0.513. The van der Waals surface area contributed by atoms with Gasteiger partial charge in [0.25, 0.3) is 0 Å². The van der Waals surface area contributed by atoms with Crippen molar-refractivity contribution in [3.63, 3.8) is 0 Å². The lowest BCUT2D eigenvalue weighted by Gasteiger charge is -2.34. The van der Waals surface area contributed by atoms with Crippen LogP contribution in [0.5, 0.6) is 0 Å². The number of amides is 1. The van der Waals surface area contributed by atoms with Crippen molar-refractivity contribution in [3.8, 4) is 0 Å². The Kier molecular flexibility index (Phi) is 2.53. The van der Waals surface area contributed by atoms with E-state index in [1.54, 1.807) is 0 Å². The van der Waals surface area contributed by atoms with Crippen molar-refractivity contribution in [1.82, 2.24) is 5.32 Å². The van der Waals surface area contributed by atoms with Crippen LogP contribution in [0, 0.1) is 0 Å². The molecule has 1 heterocycles. The summed E-state index contributed by atoms with van der Waals surface area (Å²) in [4.78, 5) is 11.6. The van der Waals surface area contributed by atoms with Gasteiger partial charge in [0.05, 0.1) is 12.0 Å². The molecule has 1 N–H and O–H groups in total. The Morgan fingerprint density at radius 3 is 2.62 bits per heavy atom. The third kappa shape index (κ3) is 1.84. The summed E-state index contributed by atoms with van der Waals surface area (Å²) >= 11 is 0. The van der Waals surface area contributed by atoms with E-state index in [1.807, 2.05) is 0 Å². The maximum Gasteiger partial charge on any atom is 0.225 e. The highest BCUT2D eigenvalue weighted by Crippen LogP contribution is 2.30. The van der Waals surface area contributed by atoms with Crippen LogP contribution in [-0.2, 0) is 16.8 Å². The van der Waals surface area contributed by atoms with E-state index in [1.165, 1.54) is 16.7 Å². The highest BCUT2D eigenvalue weighted by molar-refractivity contribution is 5.82. The summed E-state index contributed by atoms with van der Waals surface area (Å²) in [5.74, 6) is 0.636. The number of carbonyl (C=O) groups is 1. The predicted octanol–water partition coefficient (Wildman–Crippen LogP) is 2.72. The van der Waals surface area contributed by atoms with E-state index < -0.39 is 0 Å². The van der Waals surface area contributed by atoms with Crippen LogP contribution in [0.25, 0.3) is 0 Å². The van der Waals surface area contributed by atoms with Gasteiger partial charge in [-0.25, -0.2) is 0 Å². The number of nitrogens with one attached hydrogen (secondary N) is 1. The Morgan fingerprint density at radius 2 is 2.00 bits per heavy atom. The lowest BCUT2D eigenvalue weighted by atomic mass is 9.83. The SMILES string of the molecule is CC(C)c1ccc2c(c1)CC(=O)NC2(C)C. The maximum absolute atomic E-state index is 11.6. The molecule has 1 aromatic carbocycles. The zero-order valence-electron chi connectivity index (χ0n) is 10.4. The minimum Gasteiger partial charge on any atom is -0.347 e. The summed E-state index contributed by atoms with van der Waals surface area (Å²) in [6.45, 7) is 8.46. The van der Waals surface area contributed by atoms with Gasteiger partial charge in [-0.3, -0.25) is 4.79 Å². The van der Waals surface area contributed by atoms with E-state index in [2.05, 4.69) is 51.2 Å². The Labute approximate surface area is 97.1 Å². The molecule has 1 aliphatic rings. The number of benzene rings is 1. The first kappa shape index (κ1) is 11.2. The van der Waals surface area contributed by atoms with Gasteiger partial charge >= 0.3 is 0 Å². The van der Waals surface area contributed by atoms with Gasteiger partial charge in [0.1, 0.15) is 0 Å². The molecule has 1 amide bonds. The molecule has 0 radical (unpaired) electrons. The second kappa shape index (κ2) is 3.62. The molecule has 0 aromatic heterocycles. The topological polar surface area (TPSA) is 29.1 Å². The van der Waals surface area contributed by atoms with Gasteiger partial charge < -0.3 is 5.32 Å². The van der Waals surface area contributed by atoms with Crippen LogP contribution >= 0.6 is 0 Å². The molecule has 2 heteroatoms. The second-order valence-corrected chi connectivity index (χ2v) is 5.42. The first-order valence-electron chi connectivity index (χ1n) is 5.84. The van der Waals surface area contributed by atoms with E-state index in [0.717, 1.165) is 0 Å². The molecule has 86 valence electrons. The van der Waals surface area contributed by atoms with Crippen molar-refractivity contribution in [1.29, 1.82) is 0 Å². The molecule has 0 saturated heterocycles. The second-order valence-electron chi connectivity index (χ2n) is 5.42. The quantitative estimate of drug-likeness (QED) is 0.770. The van der Waals surface area contributed by atoms with Crippen LogP contribution in [0.2, 0.25) is 0 Å². The molecule has 0 spiro atoms. The average molecular weight is 217 g/mol. The van der Waals surface area contributed by atoms with Crippen LogP contribution in [0.3, 0.4) is 0 Å². The van der Waals surface area contributed by atoms with Gasteiger partial charge in [0.2, 0.25) is 5.91 Å². The van der Waals surface area contributed by atoms with Gasteiger partial charge in [0.15, 0.2) is 0 Å². The van der Waals surface area contributed by atoms with E-state index in [-0.39, 0.29) is 11.4 Å². The predicted molar refractivity (Wildman–Crippen MR) is 65.4 cm³/mol. The summed E-state index contributed by atoms with van der Waals surface area (Å²) in [7, 11) is 0. The first-order valence-corrected chi connectivity index (χ1v) is 5.84. The zero-order valence-corrected chi connectivity index (χ0v) is 10.4. The highest BCUT2D eigenvalue weighted by Gasteiger charge is 2.30. The minimum absolute atomic E-state index is 0.124. The summed E-state index contributed by atoms with van der Waals surface area (Å²) in [5, 5.41) is 3.02. The number of hydrogen-bond acceptors (Lipinski definition) is 1. The third-order valence-electron chi connectivity index (χ3n) is 3.27. The lowest BCUT2D eigenvalue weighted by Crippen LogP contribution is -2.46. The van der Waals surface area contributed by atoms with E-state index in [4.69, 9.17) is 0 Å². The Balaban J connectivity index is 2.51. The van der Waals surface area contributed by atoms with Gasteiger partial charge in [-0.1, -0.05) is 32.0 Å². The molecule has 0 saturated carbocycles. The fraction of sp³-hybridized carbons (Fsp3) is 0.500. The molecule has 0 aliphatic carbocycles. The molecular formula is C14H19NO. The fourth-order valence-electron chi connectivity index (χ4n) is 2.36. The molecule has 2 nitrogen and oxygen atoms in total. The normalized spacial score (nSPS) is 18.2. The number of rotatable bonds is 1. The molecule has 0 atom stereocenters. The van der Waals surface area contributed by atoms with Crippen LogP contribution in [0.4, 0.5) is 0 Å².